The van der Waals surface area contributed by atoms with Crippen LogP contribution in [0.3, 0.4) is 0 Å². The van der Waals surface area contributed by atoms with Crippen molar-refractivity contribution in [3.8, 4) is 22.3 Å². The molecule has 0 amide bonds. The van der Waals surface area contributed by atoms with Gasteiger partial charge in [0, 0.05) is 55.8 Å². The molecule has 332 valence electrons. The van der Waals surface area contributed by atoms with Crippen molar-refractivity contribution in [2.75, 3.05) is 4.90 Å². The summed E-state index contributed by atoms with van der Waals surface area (Å²) in [6.45, 7) is 9.56. The van der Waals surface area contributed by atoms with Gasteiger partial charge < -0.3 is 9.47 Å². The SMILES string of the molecule is CC1C=CC=C(n2c3ccccc3c3cccc(-c4ccc(N(c5cccc(-c6cccc7c6ccc6ccccc67)c5)c5cccc(C6(C)C=CC=C7C6c6ccccc6C7(C)C)c5)cc4)c32)C1. The third kappa shape index (κ3) is 6.46. The number of rotatable bonds is 7. The molecule has 1 aromatic heterocycles. The maximum atomic E-state index is 2.53. The molecular weight excluding hydrogens is 833 g/mol. The number of para-hydroxylation sites is 2. The minimum absolute atomic E-state index is 0.0471. The maximum absolute atomic E-state index is 2.53. The standard InChI is InChI=1S/C67H54N2/c1-44-17-11-21-50(41-44)69-63-33-10-8-25-58(63)59-30-15-28-55(65(59)69)46-34-37-49(38-35-46)68(51-22-12-19-47(42-51)54-27-14-29-56-53-24-6-5-18-45(53)36-39-57(54)56)52-23-13-20-48(43-52)67(4)40-16-32-62-64(67)60-26-7-9-31-61(60)66(62,2)3/h5-40,42-44,64H,41H2,1-4H3. The molecule has 69 heavy (non-hydrogen) atoms. The van der Waals surface area contributed by atoms with Gasteiger partial charge >= 0.3 is 0 Å². The van der Waals surface area contributed by atoms with E-state index < -0.39 is 0 Å². The second-order valence-corrected chi connectivity index (χ2v) is 20.4. The summed E-state index contributed by atoms with van der Waals surface area (Å²) in [5.74, 6) is 0.719. The number of hydrogen-bond acceptors (Lipinski definition) is 1. The van der Waals surface area contributed by atoms with Crippen molar-refractivity contribution in [2.24, 2.45) is 5.92 Å². The monoisotopic (exact) mass is 886 g/mol. The summed E-state index contributed by atoms with van der Waals surface area (Å²) in [5, 5.41) is 7.63. The number of hydrogen-bond donors (Lipinski definition) is 0. The Labute approximate surface area is 405 Å². The Morgan fingerprint density at radius 1 is 0.522 bits per heavy atom. The first-order valence-electron chi connectivity index (χ1n) is 24.7. The largest absolute Gasteiger partial charge is 0.312 e. The van der Waals surface area contributed by atoms with Gasteiger partial charge in [-0.15, -0.1) is 0 Å². The van der Waals surface area contributed by atoms with Gasteiger partial charge in [0.15, 0.2) is 0 Å². The smallest absolute Gasteiger partial charge is 0.0616 e. The fourth-order valence-electron chi connectivity index (χ4n) is 12.5. The molecule has 1 heterocycles. The molecule has 13 rings (SSSR count). The van der Waals surface area contributed by atoms with Gasteiger partial charge in [0.2, 0.25) is 0 Å². The summed E-state index contributed by atoms with van der Waals surface area (Å²) in [5.41, 5.74) is 17.4. The molecule has 9 aromatic carbocycles. The Hall–Kier alpha value is -7.94. The van der Waals surface area contributed by atoms with Crippen molar-refractivity contribution >= 4 is 66.1 Å². The number of benzene rings is 9. The predicted molar refractivity (Wildman–Crippen MR) is 294 cm³/mol. The molecule has 0 fully saturated rings. The molecule has 3 unspecified atom stereocenters. The van der Waals surface area contributed by atoms with Crippen molar-refractivity contribution in [1.29, 1.82) is 0 Å². The summed E-state index contributed by atoms with van der Waals surface area (Å²) >= 11 is 0. The maximum Gasteiger partial charge on any atom is 0.0616 e. The number of nitrogens with zero attached hydrogens (tertiary/aromatic N) is 2. The summed E-state index contributed by atoms with van der Waals surface area (Å²) in [4.78, 5) is 2.47. The highest BCUT2D eigenvalue weighted by Crippen LogP contribution is 2.59. The fraction of sp³-hybridized carbons (Fsp3) is 0.134. The first-order valence-corrected chi connectivity index (χ1v) is 24.7. The van der Waals surface area contributed by atoms with E-state index in [0.29, 0.717) is 5.92 Å². The average molecular weight is 887 g/mol. The van der Waals surface area contributed by atoms with Gasteiger partial charge in [-0.3, -0.25) is 0 Å². The van der Waals surface area contributed by atoms with Gasteiger partial charge in [-0.2, -0.15) is 0 Å². The molecule has 3 atom stereocenters. The highest BCUT2D eigenvalue weighted by molar-refractivity contribution is 6.15. The Morgan fingerprint density at radius 2 is 1.23 bits per heavy atom. The van der Waals surface area contributed by atoms with E-state index >= 15 is 0 Å². The molecule has 2 nitrogen and oxygen atoms in total. The molecule has 0 spiro atoms. The zero-order valence-electron chi connectivity index (χ0n) is 39.7. The van der Waals surface area contributed by atoms with E-state index in [-0.39, 0.29) is 16.7 Å². The van der Waals surface area contributed by atoms with Gasteiger partial charge in [0.25, 0.3) is 0 Å². The topological polar surface area (TPSA) is 8.17 Å². The van der Waals surface area contributed by atoms with Crippen molar-refractivity contribution < 1.29 is 0 Å². The molecule has 0 N–H and O–H groups in total. The van der Waals surface area contributed by atoms with Crippen LogP contribution in [0.1, 0.15) is 56.7 Å². The number of aromatic nitrogens is 1. The average Bonchev–Trinajstić information content (AvgIpc) is 3.86. The number of allylic oxidation sites excluding steroid dienone is 8. The molecule has 3 aliphatic rings. The van der Waals surface area contributed by atoms with Gasteiger partial charge in [0.05, 0.1) is 11.0 Å². The predicted octanol–water partition coefficient (Wildman–Crippen LogP) is 18.2. The van der Waals surface area contributed by atoms with Crippen LogP contribution in [0.15, 0.2) is 236 Å². The van der Waals surface area contributed by atoms with Gasteiger partial charge in [0.1, 0.15) is 0 Å². The summed E-state index contributed by atoms with van der Waals surface area (Å²) < 4.78 is 2.53. The lowest BCUT2D eigenvalue weighted by molar-refractivity contribution is 0.482. The second-order valence-electron chi connectivity index (χ2n) is 20.4. The van der Waals surface area contributed by atoms with Crippen LogP contribution in [0.4, 0.5) is 17.1 Å². The second kappa shape index (κ2) is 15.8. The highest BCUT2D eigenvalue weighted by Gasteiger charge is 2.50. The van der Waals surface area contributed by atoms with Crippen LogP contribution in [0, 0.1) is 5.92 Å². The van der Waals surface area contributed by atoms with E-state index in [1.807, 2.05) is 0 Å². The van der Waals surface area contributed by atoms with E-state index in [1.165, 1.54) is 93.6 Å². The van der Waals surface area contributed by atoms with Gasteiger partial charge in [-0.05, 0) is 116 Å². The van der Waals surface area contributed by atoms with Gasteiger partial charge in [-0.25, -0.2) is 0 Å². The van der Waals surface area contributed by atoms with Crippen LogP contribution >= 0.6 is 0 Å². The lowest BCUT2D eigenvalue weighted by Crippen LogP contribution is -2.32. The van der Waals surface area contributed by atoms with Crippen LogP contribution in [-0.2, 0) is 10.8 Å². The fourth-order valence-corrected chi connectivity index (χ4v) is 12.5. The van der Waals surface area contributed by atoms with E-state index in [1.54, 1.807) is 0 Å². The van der Waals surface area contributed by atoms with E-state index in [4.69, 9.17) is 0 Å². The number of fused-ring (bicyclic) bond motifs is 9. The zero-order valence-corrected chi connectivity index (χ0v) is 39.7. The van der Waals surface area contributed by atoms with E-state index in [2.05, 4.69) is 268 Å². The number of anilines is 3. The first kappa shape index (κ1) is 41.3. The van der Waals surface area contributed by atoms with Crippen LogP contribution in [-0.4, -0.2) is 4.57 Å². The highest BCUT2D eigenvalue weighted by atomic mass is 15.1. The first-order chi connectivity index (χ1) is 33.8. The Morgan fingerprint density at radius 3 is 2.09 bits per heavy atom. The molecule has 0 radical (unpaired) electrons. The lowest BCUT2D eigenvalue weighted by Gasteiger charge is -2.40. The van der Waals surface area contributed by atoms with Crippen molar-refractivity contribution in [3.05, 3.63) is 253 Å². The van der Waals surface area contributed by atoms with Crippen molar-refractivity contribution in [3.63, 3.8) is 0 Å². The molecule has 0 bridgehead atoms. The molecule has 0 saturated carbocycles. The van der Waals surface area contributed by atoms with E-state index in [9.17, 15) is 0 Å². The zero-order chi connectivity index (χ0) is 46.4. The molecule has 0 aliphatic heterocycles. The Bertz CT molecular complexity index is 3830. The normalized spacial score (nSPS) is 19.2. The lowest BCUT2D eigenvalue weighted by atomic mass is 9.64. The summed E-state index contributed by atoms with van der Waals surface area (Å²) in [7, 11) is 0. The van der Waals surface area contributed by atoms with Crippen LogP contribution in [0.5, 0.6) is 0 Å². The van der Waals surface area contributed by atoms with E-state index in [0.717, 1.165) is 23.5 Å². The quantitative estimate of drug-likeness (QED) is 0.145. The summed E-state index contributed by atoms with van der Waals surface area (Å²) in [6, 6.07) is 72.7. The molecule has 3 aliphatic carbocycles. The summed E-state index contributed by atoms with van der Waals surface area (Å²) in [6.07, 6.45) is 15.0. The molecular formula is C67H54N2. The van der Waals surface area contributed by atoms with Gasteiger partial charge in [-0.1, -0.05) is 215 Å². The third-order valence-corrected chi connectivity index (χ3v) is 15.9. The minimum atomic E-state index is -0.258. The van der Waals surface area contributed by atoms with Crippen molar-refractivity contribution in [1.82, 2.24) is 4.57 Å². The molecule has 2 heteroatoms. The van der Waals surface area contributed by atoms with Crippen LogP contribution in [0.25, 0.3) is 71.3 Å². The van der Waals surface area contributed by atoms with Crippen LogP contribution < -0.4 is 4.90 Å². The Kier molecular flexibility index (Phi) is 9.46. The van der Waals surface area contributed by atoms with Crippen molar-refractivity contribution in [2.45, 2.75) is 50.9 Å². The third-order valence-electron chi connectivity index (χ3n) is 15.9. The Balaban J connectivity index is 0.971. The van der Waals surface area contributed by atoms with Crippen LogP contribution in [0.2, 0.25) is 0 Å². The molecule has 10 aromatic rings. The molecule has 0 saturated heterocycles. The minimum Gasteiger partial charge on any atom is -0.312 e.